The van der Waals surface area contributed by atoms with Gasteiger partial charge in [-0.05, 0) is 54.1 Å². The van der Waals surface area contributed by atoms with E-state index in [4.69, 9.17) is 16.6 Å². The predicted molar refractivity (Wildman–Crippen MR) is 143 cm³/mol. The van der Waals surface area contributed by atoms with Gasteiger partial charge in [0.05, 0.1) is 25.5 Å². The molecule has 0 aliphatic heterocycles. The van der Waals surface area contributed by atoms with Crippen LogP contribution in [0.3, 0.4) is 0 Å². The van der Waals surface area contributed by atoms with Crippen LogP contribution in [0.15, 0.2) is 65.7 Å². The number of sulfonamides is 1. The second kappa shape index (κ2) is 10.8. The average molecular weight is 545 g/mol. The van der Waals surface area contributed by atoms with Gasteiger partial charge in [0, 0.05) is 30.8 Å². The molecule has 0 fully saturated rings. The minimum atomic E-state index is -3.69. The van der Waals surface area contributed by atoms with Crippen LogP contribution in [0.2, 0.25) is 5.02 Å². The molecule has 4 aromatic rings. The number of hydrogen-bond acceptors (Lipinski definition) is 8. The topological polar surface area (TPSA) is 124 Å². The lowest BCUT2D eigenvalue weighted by molar-refractivity contribution is 0.474. The summed E-state index contributed by atoms with van der Waals surface area (Å²) < 4.78 is 27.3. The molecule has 4 N–H and O–H groups in total. The third-order valence-corrected chi connectivity index (χ3v) is 8.45. The van der Waals surface area contributed by atoms with Gasteiger partial charge >= 0.3 is 0 Å². The molecule has 36 heavy (non-hydrogen) atoms. The summed E-state index contributed by atoms with van der Waals surface area (Å²) in [6.45, 7) is 4.60. The molecule has 2 heterocycles. The third kappa shape index (κ3) is 5.96. The molecule has 0 aliphatic rings. The monoisotopic (exact) mass is 544 g/mol. The van der Waals surface area contributed by atoms with Crippen molar-refractivity contribution in [3.8, 4) is 33.2 Å². The molecule has 0 saturated heterocycles. The average Bonchev–Trinajstić information content (AvgIpc) is 3.30. The number of aromatic nitrogens is 2. The van der Waals surface area contributed by atoms with Gasteiger partial charge < -0.3 is 15.5 Å². The molecule has 0 atom stereocenters. The minimum absolute atomic E-state index is 0.000880. The molecule has 8 nitrogen and oxygen atoms in total. The van der Waals surface area contributed by atoms with Gasteiger partial charge in [-0.2, -0.15) is 0 Å². The molecule has 11 heteroatoms. The SMILES string of the molecule is CC(C)c1nc(-c2ccc(Cl)c(O)c2)c(-c2ccnc(NCCNS(=O)(=O)c3ccc(O)cc3)c2)s1. The Morgan fingerprint density at radius 1 is 1.00 bits per heavy atom. The summed E-state index contributed by atoms with van der Waals surface area (Å²) in [5, 5.41) is 23.8. The van der Waals surface area contributed by atoms with Crippen molar-refractivity contribution in [3.63, 3.8) is 0 Å². The molecule has 0 radical (unpaired) electrons. The van der Waals surface area contributed by atoms with Gasteiger partial charge in [0.2, 0.25) is 10.0 Å². The number of pyridine rings is 1. The second-order valence-electron chi connectivity index (χ2n) is 8.30. The third-order valence-electron chi connectivity index (χ3n) is 5.25. The number of phenols is 2. The fraction of sp³-hybridized carbons (Fsp3) is 0.200. The number of phenolic OH excluding ortho intramolecular Hbond substituents is 2. The fourth-order valence-electron chi connectivity index (χ4n) is 3.39. The maximum atomic E-state index is 12.4. The number of hydrogen-bond donors (Lipinski definition) is 4. The van der Waals surface area contributed by atoms with Gasteiger partial charge in [0.25, 0.3) is 0 Å². The van der Waals surface area contributed by atoms with Crippen LogP contribution in [0.5, 0.6) is 11.5 Å². The van der Waals surface area contributed by atoms with E-state index >= 15 is 0 Å². The molecule has 188 valence electrons. The molecule has 0 amide bonds. The number of nitrogens with one attached hydrogen (secondary N) is 2. The van der Waals surface area contributed by atoms with Crippen LogP contribution >= 0.6 is 22.9 Å². The van der Waals surface area contributed by atoms with E-state index in [9.17, 15) is 18.6 Å². The number of benzene rings is 2. The molecular formula is C25H25ClN4O4S2. The standard InChI is InChI=1S/C25H25ClN4O4S2/c1-15(2)25-30-23(16-3-8-20(26)21(32)13-16)24(35-25)17-9-10-27-22(14-17)28-11-12-29-36(33,34)19-6-4-18(31)5-7-19/h3-10,13-15,29,31-32H,11-12H2,1-2H3,(H,27,28). The molecular weight excluding hydrogens is 520 g/mol. The lowest BCUT2D eigenvalue weighted by Gasteiger charge is -2.10. The van der Waals surface area contributed by atoms with E-state index in [1.807, 2.05) is 18.2 Å². The van der Waals surface area contributed by atoms with Crippen LogP contribution in [0.25, 0.3) is 21.7 Å². The first-order chi connectivity index (χ1) is 17.1. The van der Waals surface area contributed by atoms with Crippen molar-refractivity contribution in [1.82, 2.24) is 14.7 Å². The Balaban J connectivity index is 1.50. The number of rotatable bonds is 9. The number of thiazole rings is 1. The van der Waals surface area contributed by atoms with Crippen LogP contribution < -0.4 is 10.0 Å². The van der Waals surface area contributed by atoms with Crippen molar-refractivity contribution in [2.24, 2.45) is 0 Å². The van der Waals surface area contributed by atoms with Crippen LogP contribution in [0, 0.1) is 0 Å². The van der Waals surface area contributed by atoms with Gasteiger partial charge in [-0.15, -0.1) is 11.3 Å². The molecule has 2 aromatic carbocycles. The molecule has 4 rings (SSSR count). The summed E-state index contributed by atoms with van der Waals surface area (Å²) in [6, 6.07) is 14.2. The van der Waals surface area contributed by atoms with Crippen molar-refractivity contribution >= 4 is 38.8 Å². The normalized spacial score (nSPS) is 11.7. The first-order valence-electron chi connectivity index (χ1n) is 11.1. The van der Waals surface area contributed by atoms with E-state index in [2.05, 4.69) is 28.9 Å². The first kappa shape index (κ1) is 25.9. The van der Waals surface area contributed by atoms with Crippen molar-refractivity contribution < 1.29 is 18.6 Å². The second-order valence-corrected chi connectivity index (χ2v) is 11.5. The van der Waals surface area contributed by atoms with Crippen LogP contribution in [0.4, 0.5) is 5.82 Å². The smallest absolute Gasteiger partial charge is 0.240 e. The molecule has 2 aromatic heterocycles. The summed E-state index contributed by atoms with van der Waals surface area (Å²) in [4.78, 5) is 10.2. The summed E-state index contributed by atoms with van der Waals surface area (Å²) in [7, 11) is -3.69. The zero-order chi connectivity index (χ0) is 25.9. The van der Waals surface area contributed by atoms with Crippen molar-refractivity contribution in [1.29, 1.82) is 0 Å². The van der Waals surface area contributed by atoms with Crippen LogP contribution in [-0.4, -0.2) is 41.7 Å². The van der Waals surface area contributed by atoms with Gasteiger partial charge in [-0.3, -0.25) is 0 Å². The Morgan fingerprint density at radius 3 is 2.44 bits per heavy atom. The summed E-state index contributed by atoms with van der Waals surface area (Å²) >= 11 is 7.57. The maximum Gasteiger partial charge on any atom is 0.240 e. The highest BCUT2D eigenvalue weighted by molar-refractivity contribution is 7.89. The minimum Gasteiger partial charge on any atom is -0.508 e. The number of nitrogens with zero attached hydrogens (tertiary/aromatic N) is 2. The first-order valence-corrected chi connectivity index (χ1v) is 13.8. The zero-order valence-electron chi connectivity index (χ0n) is 19.6. The highest BCUT2D eigenvalue weighted by Gasteiger charge is 2.18. The van der Waals surface area contributed by atoms with E-state index in [0.717, 1.165) is 26.7 Å². The highest BCUT2D eigenvalue weighted by Crippen LogP contribution is 2.41. The Bertz CT molecular complexity index is 1470. The van der Waals surface area contributed by atoms with Crippen molar-refractivity contribution in [2.75, 3.05) is 18.4 Å². The molecule has 0 unspecified atom stereocenters. The Kier molecular flexibility index (Phi) is 7.79. The van der Waals surface area contributed by atoms with Crippen LogP contribution in [-0.2, 0) is 10.0 Å². The predicted octanol–water partition coefficient (Wildman–Crippen LogP) is 5.45. The van der Waals surface area contributed by atoms with E-state index in [1.54, 1.807) is 29.7 Å². The molecule has 0 aliphatic carbocycles. The van der Waals surface area contributed by atoms with Gasteiger partial charge in [0.15, 0.2) is 0 Å². The van der Waals surface area contributed by atoms with Crippen molar-refractivity contribution in [2.45, 2.75) is 24.7 Å². The van der Waals surface area contributed by atoms with Gasteiger partial charge in [-0.1, -0.05) is 31.5 Å². The lowest BCUT2D eigenvalue weighted by atomic mass is 10.1. The summed E-state index contributed by atoms with van der Waals surface area (Å²) in [5.74, 6) is 0.801. The molecule has 0 spiro atoms. The lowest BCUT2D eigenvalue weighted by Crippen LogP contribution is -2.29. The summed E-state index contributed by atoms with van der Waals surface area (Å²) in [5.41, 5.74) is 2.39. The Morgan fingerprint density at radius 2 is 1.75 bits per heavy atom. The van der Waals surface area contributed by atoms with E-state index in [-0.39, 0.29) is 33.9 Å². The van der Waals surface area contributed by atoms with Gasteiger partial charge in [0.1, 0.15) is 17.3 Å². The Labute approximate surface area is 218 Å². The fourth-order valence-corrected chi connectivity index (χ4v) is 5.62. The van der Waals surface area contributed by atoms with E-state index < -0.39 is 10.0 Å². The zero-order valence-corrected chi connectivity index (χ0v) is 22.0. The van der Waals surface area contributed by atoms with E-state index in [0.29, 0.717) is 12.4 Å². The quantitative estimate of drug-likeness (QED) is 0.206. The summed E-state index contributed by atoms with van der Waals surface area (Å²) in [6.07, 6.45) is 1.68. The van der Waals surface area contributed by atoms with Crippen molar-refractivity contribution in [3.05, 3.63) is 70.8 Å². The van der Waals surface area contributed by atoms with E-state index in [1.165, 1.54) is 24.3 Å². The Hall–Kier alpha value is -3.18. The molecule has 0 bridgehead atoms. The number of halogens is 1. The van der Waals surface area contributed by atoms with Crippen LogP contribution in [0.1, 0.15) is 24.8 Å². The highest BCUT2D eigenvalue weighted by atomic mass is 35.5. The van der Waals surface area contributed by atoms with Gasteiger partial charge in [-0.25, -0.2) is 23.1 Å². The largest absolute Gasteiger partial charge is 0.508 e. The number of aromatic hydroxyl groups is 2. The number of anilines is 1. The maximum absolute atomic E-state index is 12.4. The molecule has 0 saturated carbocycles.